The van der Waals surface area contributed by atoms with Crippen molar-refractivity contribution in [3.05, 3.63) is 11.7 Å². The molecule has 0 spiro atoms. The zero-order valence-corrected chi connectivity index (χ0v) is 6.73. The smallest absolute Gasteiger partial charge is 0.256 e. The summed E-state index contributed by atoms with van der Waals surface area (Å²) in [5, 5.41) is 12.7. The Morgan fingerprint density at radius 2 is 2.50 bits per heavy atom. The number of hydrogen-bond acceptors (Lipinski definition) is 6. The summed E-state index contributed by atoms with van der Waals surface area (Å²) < 4.78 is 9.46. The Bertz CT molecular complexity index is 238. The van der Waals surface area contributed by atoms with Crippen LogP contribution in [0.5, 0.6) is 0 Å². The molecule has 0 radical (unpaired) electrons. The highest BCUT2D eigenvalue weighted by Gasteiger charge is 2.13. The van der Waals surface area contributed by atoms with Crippen LogP contribution in [0.4, 0.5) is 0 Å². The number of aliphatic hydroxyl groups excluding tert-OH is 1. The molecule has 0 aliphatic carbocycles. The summed E-state index contributed by atoms with van der Waals surface area (Å²) in [5.41, 5.74) is 5.18. The fraction of sp³-hybridized carbons (Fsp3) is 0.667. The molecule has 0 saturated carbocycles. The monoisotopic (exact) mass is 173 g/mol. The average Bonchev–Trinajstić information content (AvgIpc) is 2.52. The first-order chi connectivity index (χ1) is 5.77. The summed E-state index contributed by atoms with van der Waals surface area (Å²) in [5.74, 6) is 0.532. The number of aliphatic hydroxyl groups is 1. The molecule has 1 aromatic rings. The zero-order valence-electron chi connectivity index (χ0n) is 6.73. The van der Waals surface area contributed by atoms with E-state index >= 15 is 0 Å². The normalized spacial score (nSPS) is 13.2. The van der Waals surface area contributed by atoms with Crippen molar-refractivity contribution in [2.75, 3.05) is 13.7 Å². The molecule has 0 unspecified atom stereocenters. The van der Waals surface area contributed by atoms with E-state index in [1.54, 1.807) is 0 Å². The lowest BCUT2D eigenvalue weighted by atomic mass is 10.4. The molecule has 0 aromatic carbocycles. The Morgan fingerprint density at radius 1 is 1.75 bits per heavy atom. The molecule has 0 aliphatic rings. The lowest BCUT2D eigenvalue weighted by Crippen LogP contribution is -2.11. The van der Waals surface area contributed by atoms with E-state index in [1.807, 2.05) is 0 Å². The summed E-state index contributed by atoms with van der Waals surface area (Å²) in [4.78, 5) is 3.84. The molecule has 12 heavy (non-hydrogen) atoms. The third-order valence-corrected chi connectivity index (χ3v) is 1.27. The van der Waals surface area contributed by atoms with Crippen LogP contribution in [-0.2, 0) is 11.3 Å². The molecule has 1 atom stereocenters. The van der Waals surface area contributed by atoms with Crippen molar-refractivity contribution >= 4 is 0 Å². The van der Waals surface area contributed by atoms with Gasteiger partial charge in [-0.1, -0.05) is 5.16 Å². The maximum atomic E-state index is 9.15. The van der Waals surface area contributed by atoms with Crippen molar-refractivity contribution in [2.24, 2.45) is 5.73 Å². The minimum atomic E-state index is -0.886. The van der Waals surface area contributed by atoms with Gasteiger partial charge in [-0.05, 0) is 0 Å². The van der Waals surface area contributed by atoms with Crippen LogP contribution in [0.15, 0.2) is 4.52 Å². The van der Waals surface area contributed by atoms with Crippen LogP contribution in [0.25, 0.3) is 0 Å². The minimum absolute atomic E-state index is 0.0641. The third-order valence-electron chi connectivity index (χ3n) is 1.27. The lowest BCUT2D eigenvalue weighted by Gasteiger charge is -1.97. The second-order valence-corrected chi connectivity index (χ2v) is 2.23. The molecule has 0 amide bonds. The van der Waals surface area contributed by atoms with Gasteiger partial charge in [0.15, 0.2) is 5.82 Å². The SMILES string of the molecule is COCc1noc([C@@H](O)CN)n1. The molecular weight excluding hydrogens is 162 g/mol. The summed E-state index contributed by atoms with van der Waals surface area (Å²) in [6, 6.07) is 0. The molecule has 1 aromatic heterocycles. The topological polar surface area (TPSA) is 94.4 Å². The molecule has 68 valence electrons. The van der Waals surface area contributed by atoms with Gasteiger partial charge in [0, 0.05) is 13.7 Å². The number of nitrogens with two attached hydrogens (primary N) is 1. The third kappa shape index (κ3) is 2.00. The zero-order chi connectivity index (χ0) is 8.97. The van der Waals surface area contributed by atoms with E-state index in [1.165, 1.54) is 7.11 Å². The van der Waals surface area contributed by atoms with Gasteiger partial charge >= 0.3 is 0 Å². The minimum Gasteiger partial charge on any atom is -0.382 e. The van der Waals surface area contributed by atoms with E-state index < -0.39 is 6.10 Å². The fourth-order valence-corrected chi connectivity index (χ4v) is 0.691. The van der Waals surface area contributed by atoms with Gasteiger partial charge in [0.25, 0.3) is 5.89 Å². The standard InChI is InChI=1S/C6H11N3O3/c1-11-3-5-8-6(12-9-5)4(10)2-7/h4,10H,2-3,7H2,1H3/t4-/m0/s1. The lowest BCUT2D eigenvalue weighted by molar-refractivity contribution is 0.141. The highest BCUT2D eigenvalue weighted by molar-refractivity contribution is 4.88. The van der Waals surface area contributed by atoms with Crippen LogP contribution in [0.3, 0.4) is 0 Å². The molecule has 6 heteroatoms. The number of methoxy groups -OCH3 is 1. The van der Waals surface area contributed by atoms with Gasteiger partial charge in [-0.25, -0.2) is 0 Å². The van der Waals surface area contributed by atoms with Gasteiger partial charge in [0.2, 0.25) is 0 Å². The van der Waals surface area contributed by atoms with E-state index in [0.717, 1.165) is 0 Å². The highest BCUT2D eigenvalue weighted by Crippen LogP contribution is 2.07. The second kappa shape index (κ2) is 4.15. The Labute approximate surface area is 69.3 Å². The van der Waals surface area contributed by atoms with E-state index in [2.05, 4.69) is 10.1 Å². The van der Waals surface area contributed by atoms with Crippen molar-refractivity contribution in [1.82, 2.24) is 10.1 Å². The van der Waals surface area contributed by atoms with Crippen LogP contribution in [0.2, 0.25) is 0 Å². The number of rotatable bonds is 4. The van der Waals surface area contributed by atoms with Crippen LogP contribution in [-0.4, -0.2) is 28.9 Å². The molecule has 0 saturated heterocycles. The first-order valence-electron chi connectivity index (χ1n) is 3.47. The van der Waals surface area contributed by atoms with Crippen molar-refractivity contribution in [3.63, 3.8) is 0 Å². The van der Waals surface area contributed by atoms with Crippen molar-refractivity contribution < 1.29 is 14.4 Å². The number of hydrogen-bond donors (Lipinski definition) is 2. The molecule has 3 N–H and O–H groups in total. The van der Waals surface area contributed by atoms with Crippen molar-refractivity contribution in [1.29, 1.82) is 0 Å². The van der Waals surface area contributed by atoms with Gasteiger partial charge < -0.3 is 20.1 Å². The number of ether oxygens (including phenoxy) is 1. The fourth-order valence-electron chi connectivity index (χ4n) is 0.691. The predicted octanol–water partition coefficient (Wildman–Crippen LogP) is -0.792. The van der Waals surface area contributed by atoms with Gasteiger partial charge in [-0.15, -0.1) is 0 Å². The van der Waals surface area contributed by atoms with Crippen LogP contribution in [0, 0.1) is 0 Å². The van der Waals surface area contributed by atoms with Gasteiger partial charge in [0.1, 0.15) is 12.7 Å². The summed E-state index contributed by atoms with van der Waals surface area (Å²) in [6.07, 6.45) is -0.886. The summed E-state index contributed by atoms with van der Waals surface area (Å²) in [6.45, 7) is 0.329. The molecular formula is C6H11N3O3. The van der Waals surface area contributed by atoms with E-state index in [-0.39, 0.29) is 19.0 Å². The van der Waals surface area contributed by atoms with Gasteiger partial charge in [-0.3, -0.25) is 0 Å². The van der Waals surface area contributed by atoms with Crippen LogP contribution < -0.4 is 5.73 Å². The Kier molecular flexibility index (Phi) is 3.15. The van der Waals surface area contributed by atoms with Crippen molar-refractivity contribution in [2.45, 2.75) is 12.7 Å². The first-order valence-corrected chi connectivity index (χ1v) is 3.47. The van der Waals surface area contributed by atoms with Crippen LogP contribution >= 0.6 is 0 Å². The molecule has 6 nitrogen and oxygen atoms in total. The van der Waals surface area contributed by atoms with E-state index in [0.29, 0.717) is 5.82 Å². The average molecular weight is 173 g/mol. The van der Waals surface area contributed by atoms with Gasteiger partial charge in [0.05, 0.1) is 0 Å². The van der Waals surface area contributed by atoms with E-state index in [4.69, 9.17) is 20.1 Å². The molecule has 0 bridgehead atoms. The molecule has 0 fully saturated rings. The summed E-state index contributed by atoms with van der Waals surface area (Å²) >= 11 is 0. The largest absolute Gasteiger partial charge is 0.382 e. The van der Waals surface area contributed by atoms with E-state index in [9.17, 15) is 0 Å². The number of nitrogens with zero attached hydrogens (tertiary/aromatic N) is 2. The maximum absolute atomic E-state index is 9.15. The maximum Gasteiger partial charge on any atom is 0.256 e. The summed E-state index contributed by atoms with van der Waals surface area (Å²) in [7, 11) is 1.52. The van der Waals surface area contributed by atoms with Crippen LogP contribution in [0.1, 0.15) is 17.8 Å². The van der Waals surface area contributed by atoms with Gasteiger partial charge in [-0.2, -0.15) is 4.98 Å². The quantitative estimate of drug-likeness (QED) is 0.619. The Morgan fingerprint density at radius 3 is 3.08 bits per heavy atom. The Hall–Kier alpha value is -0.980. The molecule has 1 heterocycles. The first kappa shape index (κ1) is 9.11. The number of aromatic nitrogens is 2. The Balaban J connectivity index is 2.63. The highest BCUT2D eigenvalue weighted by atomic mass is 16.5. The van der Waals surface area contributed by atoms with Crippen molar-refractivity contribution in [3.8, 4) is 0 Å². The second-order valence-electron chi connectivity index (χ2n) is 2.23. The molecule has 1 rings (SSSR count). The molecule has 0 aliphatic heterocycles. The predicted molar refractivity (Wildman–Crippen MR) is 39.0 cm³/mol.